The van der Waals surface area contributed by atoms with E-state index in [1.165, 1.54) is 12.8 Å². The van der Waals surface area contributed by atoms with E-state index in [1.807, 2.05) is 30.3 Å². The van der Waals surface area contributed by atoms with Crippen LogP contribution in [0.15, 0.2) is 35.1 Å². The summed E-state index contributed by atoms with van der Waals surface area (Å²) < 4.78 is 3.37. The van der Waals surface area contributed by atoms with E-state index in [1.54, 1.807) is 8.97 Å². The number of benzene rings is 1. The third kappa shape index (κ3) is 2.49. The first-order valence-corrected chi connectivity index (χ1v) is 9.71. The molecule has 1 fully saturated rings. The summed E-state index contributed by atoms with van der Waals surface area (Å²) in [5.74, 6) is 1.99. The van der Waals surface area contributed by atoms with Gasteiger partial charge in [0, 0.05) is 18.0 Å². The van der Waals surface area contributed by atoms with Crippen molar-refractivity contribution >= 4 is 16.8 Å². The number of hydrogen-bond donors (Lipinski definition) is 1. The molecule has 0 spiro atoms. The number of hydrogen-bond acceptors (Lipinski definition) is 4. The van der Waals surface area contributed by atoms with Crippen LogP contribution in [0.25, 0.3) is 28.2 Å². The number of fused-ring (bicyclic) bond motifs is 3. The van der Waals surface area contributed by atoms with Gasteiger partial charge >= 0.3 is 5.69 Å². The molecule has 0 bridgehead atoms. The van der Waals surface area contributed by atoms with E-state index in [0.717, 1.165) is 36.2 Å². The fourth-order valence-corrected chi connectivity index (χ4v) is 4.16. The van der Waals surface area contributed by atoms with Crippen molar-refractivity contribution in [2.75, 3.05) is 0 Å². The minimum absolute atomic E-state index is 0.132. The first-order valence-electron chi connectivity index (χ1n) is 9.71. The normalized spacial score (nSPS) is 15.3. The van der Waals surface area contributed by atoms with Crippen LogP contribution in [0.3, 0.4) is 0 Å². The van der Waals surface area contributed by atoms with Crippen molar-refractivity contribution in [3.63, 3.8) is 0 Å². The molecule has 1 N–H and O–H groups in total. The summed E-state index contributed by atoms with van der Waals surface area (Å²) in [6, 6.07) is 9.72. The summed E-state index contributed by atoms with van der Waals surface area (Å²) in [4.78, 5) is 21.6. The van der Waals surface area contributed by atoms with E-state index < -0.39 is 0 Å². The average Bonchev–Trinajstić information content (AvgIpc) is 3.44. The van der Waals surface area contributed by atoms with Gasteiger partial charge in [-0.25, -0.2) is 14.2 Å². The summed E-state index contributed by atoms with van der Waals surface area (Å²) in [6.45, 7) is 2.68. The van der Waals surface area contributed by atoms with Gasteiger partial charge in [0.15, 0.2) is 17.1 Å². The van der Waals surface area contributed by atoms with E-state index in [2.05, 4.69) is 22.1 Å². The summed E-state index contributed by atoms with van der Waals surface area (Å²) in [6.07, 6.45) is 5.63. The smallest absolute Gasteiger partial charge is 0.337 e. The highest BCUT2D eigenvalue weighted by Gasteiger charge is 2.24. The highest BCUT2D eigenvalue weighted by Crippen LogP contribution is 2.33. The molecule has 0 amide bonds. The second kappa shape index (κ2) is 6.33. The Hall–Kier alpha value is -2.96. The van der Waals surface area contributed by atoms with E-state index in [0.29, 0.717) is 29.6 Å². The third-order valence-corrected chi connectivity index (χ3v) is 5.49. The van der Waals surface area contributed by atoms with Gasteiger partial charge in [-0.05, 0) is 19.3 Å². The molecule has 0 unspecified atom stereocenters. The van der Waals surface area contributed by atoms with E-state index in [4.69, 9.17) is 4.98 Å². The van der Waals surface area contributed by atoms with Gasteiger partial charge in [0.25, 0.3) is 0 Å². The highest BCUT2D eigenvalue weighted by molar-refractivity contribution is 5.86. The summed E-state index contributed by atoms with van der Waals surface area (Å²) in [5.41, 5.74) is 2.80. The molecule has 4 aromatic rings. The average molecular weight is 362 g/mol. The predicted octanol–water partition coefficient (Wildman–Crippen LogP) is 3.50. The van der Waals surface area contributed by atoms with Crippen LogP contribution in [0, 0.1) is 0 Å². The van der Waals surface area contributed by atoms with Crippen LogP contribution in [0.5, 0.6) is 0 Å². The van der Waals surface area contributed by atoms with Gasteiger partial charge in [0.2, 0.25) is 0 Å². The lowest BCUT2D eigenvalue weighted by molar-refractivity contribution is 0.643. The van der Waals surface area contributed by atoms with Crippen molar-refractivity contribution in [1.82, 2.24) is 29.1 Å². The number of aromatic nitrogens is 6. The maximum Gasteiger partial charge on any atom is 0.337 e. The molecule has 1 aliphatic rings. The van der Waals surface area contributed by atoms with Crippen molar-refractivity contribution < 1.29 is 0 Å². The van der Waals surface area contributed by atoms with Crippen LogP contribution in [-0.2, 0) is 6.54 Å². The van der Waals surface area contributed by atoms with Gasteiger partial charge in [-0.2, -0.15) is 0 Å². The minimum atomic E-state index is -0.132. The predicted molar refractivity (Wildman–Crippen MR) is 104 cm³/mol. The van der Waals surface area contributed by atoms with Crippen molar-refractivity contribution in [3.8, 4) is 11.4 Å². The quantitative estimate of drug-likeness (QED) is 0.602. The van der Waals surface area contributed by atoms with Crippen molar-refractivity contribution in [2.45, 2.75) is 51.5 Å². The maximum atomic E-state index is 13.3. The standard InChI is InChI=1S/C20H22N6O/c1-2-12-25-18-15(21-16(22-18)13-8-6-7-9-13)19-24-23-17(26(19)20(25)27)14-10-4-3-5-11-14/h3-5,10-11,13H,2,6-9,12H2,1H3,(H,21,22). The van der Waals surface area contributed by atoms with Gasteiger partial charge in [-0.3, -0.25) is 4.57 Å². The van der Waals surface area contributed by atoms with E-state index in [-0.39, 0.29) is 5.69 Å². The molecule has 3 heterocycles. The Kier molecular flexibility index (Phi) is 3.81. The van der Waals surface area contributed by atoms with Gasteiger partial charge in [-0.1, -0.05) is 50.1 Å². The Bertz CT molecular complexity index is 1160. The summed E-state index contributed by atoms with van der Waals surface area (Å²) in [7, 11) is 0. The van der Waals surface area contributed by atoms with Crippen LogP contribution in [0.4, 0.5) is 0 Å². The zero-order valence-electron chi connectivity index (χ0n) is 15.4. The van der Waals surface area contributed by atoms with Crippen LogP contribution in [0.2, 0.25) is 0 Å². The Morgan fingerprint density at radius 2 is 1.89 bits per heavy atom. The minimum Gasteiger partial charge on any atom is -0.337 e. The number of nitrogens with one attached hydrogen (secondary N) is 1. The molecule has 5 rings (SSSR count). The van der Waals surface area contributed by atoms with Crippen LogP contribution in [0.1, 0.15) is 50.8 Å². The Morgan fingerprint density at radius 1 is 1.11 bits per heavy atom. The lowest BCUT2D eigenvalue weighted by Crippen LogP contribution is -2.27. The molecule has 0 radical (unpaired) electrons. The molecule has 0 saturated heterocycles. The maximum absolute atomic E-state index is 13.3. The topological polar surface area (TPSA) is 80.9 Å². The highest BCUT2D eigenvalue weighted by atomic mass is 16.1. The van der Waals surface area contributed by atoms with Crippen molar-refractivity contribution in [1.29, 1.82) is 0 Å². The second-order valence-electron chi connectivity index (χ2n) is 7.28. The lowest BCUT2D eigenvalue weighted by Gasteiger charge is -2.07. The van der Waals surface area contributed by atoms with E-state index >= 15 is 0 Å². The van der Waals surface area contributed by atoms with Crippen LogP contribution < -0.4 is 5.69 Å². The largest absolute Gasteiger partial charge is 0.337 e. The molecule has 7 heteroatoms. The Balaban J connectivity index is 1.82. The second-order valence-corrected chi connectivity index (χ2v) is 7.28. The fraction of sp³-hybridized carbons (Fsp3) is 0.400. The molecule has 3 aromatic heterocycles. The number of rotatable bonds is 4. The van der Waals surface area contributed by atoms with Crippen LogP contribution >= 0.6 is 0 Å². The van der Waals surface area contributed by atoms with Gasteiger partial charge in [0.1, 0.15) is 11.3 Å². The number of nitrogens with zero attached hydrogens (tertiary/aromatic N) is 5. The molecule has 138 valence electrons. The number of H-pyrrole nitrogens is 1. The molecule has 1 aromatic carbocycles. The number of aromatic amines is 1. The SMILES string of the molecule is CCCn1c(=O)n2c(-c3ccccc3)nnc2c2[nH]c(C3CCCC3)nc21. The summed E-state index contributed by atoms with van der Waals surface area (Å²) >= 11 is 0. The van der Waals surface area contributed by atoms with Gasteiger partial charge in [-0.15, -0.1) is 10.2 Å². The third-order valence-electron chi connectivity index (χ3n) is 5.49. The molecule has 1 saturated carbocycles. The molecule has 1 aliphatic carbocycles. The monoisotopic (exact) mass is 362 g/mol. The zero-order chi connectivity index (χ0) is 18.4. The lowest BCUT2D eigenvalue weighted by atomic mass is 10.1. The zero-order valence-corrected chi connectivity index (χ0v) is 15.4. The fourth-order valence-electron chi connectivity index (χ4n) is 4.16. The molecular weight excluding hydrogens is 340 g/mol. The van der Waals surface area contributed by atoms with Gasteiger partial charge in [0.05, 0.1) is 0 Å². The molecule has 0 atom stereocenters. The van der Waals surface area contributed by atoms with Crippen LogP contribution in [-0.4, -0.2) is 29.1 Å². The Morgan fingerprint density at radius 3 is 2.63 bits per heavy atom. The molecule has 7 nitrogen and oxygen atoms in total. The van der Waals surface area contributed by atoms with Gasteiger partial charge < -0.3 is 4.98 Å². The number of aryl methyl sites for hydroxylation is 1. The molecule has 27 heavy (non-hydrogen) atoms. The van der Waals surface area contributed by atoms with Crippen molar-refractivity contribution in [3.05, 3.63) is 46.6 Å². The van der Waals surface area contributed by atoms with Crippen molar-refractivity contribution in [2.24, 2.45) is 0 Å². The first-order chi connectivity index (χ1) is 13.3. The van der Waals surface area contributed by atoms with E-state index in [9.17, 15) is 4.79 Å². The molecule has 0 aliphatic heterocycles. The molecular formula is C20H22N6O. The first kappa shape index (κ1) is 16.2. The summed E-state index contributed by atoms with van der Waals surface area (Å²) in [5, 5.41) is 8.69. The Labute approximate surface area is 156 Å². The number of imidazole rings is 1.